The van der Waals surface area contributed by atoms with Gasteiger partial charge >= 0.3 is 18.4 Å². The maximum Gasteiger partial charge on any atom is 0.440 e. The molecule has 0 unspecified atom stereocenters. The van der Waals surface area contributed by atoms with Gasteiger partial charge < -0.3 is 5.32 Å². The molecule has 1 saturated carbocycles. The molecule has 0 bridgehead atoms. The highest BCUT2D eigenvalue weighted by Gasteiger charge is 2.70. The monoisotopic (exact) mass is 465 g/mol. The number of carbonyl (C=O) groups excluding carboxylic acids is 3. The average Bonchev–Trinajstić information content (AvgIpc) is 2.94. The van der Waals surface area contributed by atoms with Crippen LogP contribution in [-0.4, -0.2) is 40.6 Å². The van der Waals surface area contributed by atoms with Crippen molar-refractivity contribution in [1.29, 1.82) is 0 Å². The highest BCUT2D eigenvalue weighted by molar-refractivity contribution is 6.10. The van der Waals surface area contributed by atoms with E-state index in [1.54, 1.807) is 12.2 Å². The van der Waals surface area contributed by atoms with Crippen molar-refractivity contribution in [2.75, 3.05) is 0 Å². The van der Waals surface area contributed by atoms with Gasteiger partial charge in [0.05, 0.1) is 5.56 Å². The normalized spacial score (nSPS) is 29.1. The van der Waals surface area contributed by atoms with E-state index in [1.165, 1.54) is 5.32 Å². The summed E-state index contributed by atoms with van der Waals surface area (Å²) in [7, 11) is 0. The van der Waals surface area contributed by atoms with Crippen LogP contribution in [0.2, 0.25) is 0 Å². The molecule has 1 aliphatic heterocycles. The van der Waals surface area contributed by atoms with Crippen molar-refractivity contribution in [3.63, 3.8) is 0 Å². The molecule has 12 heteroatoms. The van der Waals surface area contributed by atoms with Crippen molar-refractivity contribution < 1.29 is 40.7 Å². The minimum absolute atomic E-state index is 0.0509. The number of urea groups is 1. The van der Waals surface area contributed by atoms with Crippen molar-refractivity contribution in [1.82, 2.24) is 15.5 Å². The molecule has 1 aromatic rings. The average molecular weight is 465 g/mol. The van der Waals surface area contributed by atoms with E-state index in [1.807, 2.05) is 6.92 Å². The molecule has 176 valence electrons. The molecule has 32 heavy (non-hydrogen) atoms. The summed E-state index contributed by atoms with van der Waals surface area (Å²) in [5.41, 5.74) is -5.78. The summed E-state index contributed by atoms with van der Waals surface area (Å²) in [6.45, 7) is 3.59. The van der Waals surface area contributed by atoms with Crippen LogP contribution in [0.15, 0.2) is 24.3 Å². The van der Waals surface area contributed by atoms with Gasteiger partial charge in [-0.05, 0) is 36.5 Å². The Morgan fingerprint density at radius 2 is 1.78 bits per heavy atom. The van der Waals surface area contributed by atoms with Crippen LogP contribution in [0.1, 0.15) is 49.0 Å². The molecule has 6 nitrogen and oxygen atoms in total. The molecule has 1 heterocycles. The van der Waals surface area contributed by atoms with E-state index in [9.17, 15) is 40.7 Å². The molecule has 0 spiro atoms. The topological polar surface area (TPSA) is 78.5 Å². The second kappa shape index (κ2) is 7.96. The van der Waals surface area contributed by atoms with Crippen molar-refractivity contribution in [2.24, 2.45) is 11.8 Å². The van der Waals surface area contributed by atoms with Crippen molar-refractivity contribution in [3.8, 4) is 0 Å². The third-order valence-corrected chi connectivity index (χ3v) is 6.23. The minimum atomic E-state index is -5.45. The maximum absolute atomic E-state index is 14.0. The van der Waals surface area contributed by atoms with Crippen LogP contribution >= 0.6 is 0 Å². The predicted octanol–water partition coefficient (Wildman–Crippen LogP) is 4.07. The molecule has 2 aliphatic rings. The number of alkyl halides is 6. The summed E-state index contributed by atoms with van der Waals surface area (Å²) < 4.78 is 80.9. The van der Waals surface area contributed by atoms with Gasteiger partial charge in [-0.1, -0.05) is 32.8 Å². The first-order valence-corrected chi connectivity index (χ1v) is 9.91. The second-order valence-corrected chi connectivity index (χ2v) is 8.22. The van der Waals surface area contributed by atoms with Crippen LogP contribution in [-0.2, 0) is 11.0 Å². The SMILES string of the molecule is C[C@@H]1[C@H](C)CCC[C@@H]1N1C(=O)N[C@@](NC(=O)c2cccc(C(F)(F)F)c2)(C(F)(F)F)C1=O. The smallest absolute Gasteiger partial charge is 0.314 e. The quantitative estimate of drug-likeness (QED) is 0.522. The van der Waals surface area contributed by atoms with Gasteiger partial charge in [-0.25, -0.2) is 4.79 Å². The molecular formula is C20H21F6N3O3. The zero-order valence-corrected chi connectivity index (χ0v) is 17.1. The first kappa shape index (κ1) is 23.9. The Morgan fingerprint density at radius 3 is 2.38 bits per heavy atom. The van der Waals surface area contributed by atoms with E-state index in [4.69, 9.17) is 0 Å². The lowest BCUT2D eigenvalue weighted by molar-refractivity contribution is -0.201. The highest BCUT2D eigenvalue weighted by atomic mass is 19.4. The number of nitrogens with zero attached hydrogens (tertiary/aromatic N) is 1. The van der Waals surface area contributed by atoms with Gasteiger partial charge in [-0.15, -0.1) is 0 Å². The van der Waals surface area contributed by atoms with Gasteiger partial charge in [-0.2, -0.15) is 26.3 Å². The van der Waals surface area contributed by atoms with Crippen LogP contribution in [0, 0.1) is 11.8 Å². The number of halogens is 6. The minimum Gasteiger partial charge on any atom is -0.314 e. The van der Waals surface area contributed by atoms with E-state index in [0.717, 1.165) is 18.6 Å². The molecule has 0 radical (unpaired) electrons. The molecular weight excluding hydrogens is 444 g/mol. The van der Waals surface area contributed by atoms with Crippen LogP contribution in [0.25, 0.3) is 0 Å². The van der Waals surface area contributed by atoms with Crippen molar-refractivity contribution in [2.45, 2.75) is 57.2 Å². The summed E-state index contributed by atoms with van der Waals surface area (Å²) in [4.78, 5) is 38.4. The van der Waals surface area contributed by atoms with Gasteiger partial charge in [0.1, 0.15) is 0 Å². The number of carbonyl (C=O) groups is 3. The number of amides is 4. The lowest BCUT2D eigenvalue weighted by atomic mass is 9.77. The first-order valence-electron chi connectivity index (χ1n) is 9.91. The van der Waals surface area contributed by atoms with Gasteiger partial charge in [0.2, 0.25) is 0 Å². The first-order chi connectivity index (χ1) is 14.7. The summed E-state index contributed by atoms with van der Waals surface area (Å²) in [6.07, 6.45) is -8.59. The summed E-state index contributed by atoms with van der Waals surface area (Å²) >= 11 is 0. The highest BCUT2D eigenvalue weighted by Crippen LogP contribution is 2.40. The lowest BCUT2D eigenvalue weighted by Crippen LogP contribution is -2.69. The number of imide groups is 1. The summed E-state index contributed by atoms with van der Waals surface area (Å²) in [5.74, 6) is -3.52. The molecule has 1 aromatic carbocycles. The Hall–Kier alpha value is -2.79. The van der Waals surface area contributed by atoms with Crippen LogP contribution in [0.3, 0.4) is 0 Å². The predicted molar refractivity (Wildman–Crippen MR) is 99.0 cm³/mol. The molecule has 4 amide bonds. The molecule has 1 aliphatic carbocycles. The zero-order valence-electron chi connectivity index (χ0n) is 17.1. The van der Waals surface area contributed by atoms with Crippen molar-refractivity contribution >= 4 is 17.8 Å². The fourth-order valence-corrected chi connectivity index (χ4v) is 4.19. The molecule has 2 fully saturated rings. The van der Waals surface area contributed by atoms with E-state index in [0.29, 0.717) is 29.9 Å². The standard InChI is InChI=1S/C20H21F6N3O3/c1-10-5-3-8-14(11(10)2)29-16(31)18(20(24,25)26,28-17(29)32)27-15(30)12-6-4-7-13(9-12)19(21,22)23/h4,6-7,9-11,14H,3,5,8H2,1-2H3,(H,27,30)(H,28,32)/t10-,11-,14+,18-/m1/s1. The van der Waals surface area contributed by atoms with Crippen LogP contribution in [0.5, 0.6) is 0 Å². The fraction of sp³-hybridized carbons (Fsp3) is 0.550. The van der Waals surface area contributed by atoms with E-state index in [2.05, 4.69) is 0 Å². The van der Waals surface area contributed by atoms with Crippen LogP contribution < -0.4 is 10.6 Å². The van der Waals surface area contributed by atoms with E-state index >= 15 is 0 Å². The number of rotatable bonds is 3. The molecule has 1 saturated heterocycles. The number of hydrogen-bond donors (Lipinski definition) is 2. The van der Waals surface area contributed by atoms with Crippen molar-refractivity contribution in [3.05, 3.63) is 35.4 Å². The van der Waals surface area contributed by atoms with Gasteiger partial charge in [-0.3, -0.25) is 19.8 Å². The Labute approximate surface area is 179 Å². The largest absolute Gasteiger partial charge is 0.440 e. The Morgan fingerprint density at radius 1 is 1.12 bits per heavy atom. The molecule has 2 N–H and O–H groups in total. The number of nitrogens with one attached hydrogen (secondary N) is 2. The summed E-state index contributed by atoms with van der Waals surface area (Å²) in [5, 5.41) is 2.99. The third-order valence-electron chi connectivity index (χ3n) is 6.23. The number of benzene rings is 1. The van der Waals surface area contributed by atoms with Gasteiger partial charge in [0.15, 0.2) is 0 Å². The van der Waals surface area contributed by atoms with E-state index in [-0.39, 0.29) is 11.8 Å². The molecule has 4 atom stereocenters. The zero-order chi connectivity index (χ0) is 24.1. The van der Waals surface area contributed by atoms with Gasteiger partial charge in [0.25, 0.3) is 17.5 Å². The van der Waals surface area contributed by atoms with Crippen LogP contribution in [0.4, 0.5) is 31.1 Å². The Balaban J connectivity index is 1.95. The lowest BCUT2D eigenvalue weighted by Gasteiger charge is -2.38. The Kier molecular flexibility index (Phi) is 5.94. The third kappa shape index (κ3) is 4.02. The second-order valence-electron chi connectivity index (χ2n) is 8.22. The maximum atomic E-state index is 14.0. The van der Waals surface area contributed by atoms with E-state index < -0.39 is 53.0 Å². The van der Waals surface area contributed by atoms with Gasteiger partial charge in [0, 0.05) is 11.6 Å². The number of hydrogen-bond acceptors (Lipinski definition) is 3. The molecule has 0 aromatic heterocycles. The Bertz CT molecular complexity index is 932. The fourth-order valence-electron chi connectivity index (χ4n) is 4.19. The summed E-state index contributed by atoms with van der Waals surface area (Å²) in [6, 6.07) is 0.613. The molecule has 3 rings (SSSR count).